The highest BCUT2D eigenvalue weighted by Gasteiger charge is 2.13. The number of anilines is 2. The quantitative estimate of drug-likeness (QED) is 0.661. The lowest BCUT2D eigenvalue weighted by Crippen LogP contribution is -2.45. The van der Waals surface area contributed by atoms with Crippen molar-refractivity contribution in [1.29, 1.82) is 0 Å². The number of carbonyl (C=O) groups excluding carboxylic acids is 1. The Morgan fingerprint density at radius 2 is 2.00 bits per heavy atom. The first kappa shape index (κ1) is 14.6. The van der Waals surface area contributed by atoms with Gasteiger partial charge < -0.3 is 21.7 Å². The van der Waals surface area contributed by atoms with Crippen molar-refractivity contribution in [1.82, 2.24) is 9.80 Å². The third-order valence-electron chi connectivity index (χ3n) is 3.68. The number of amides is 1. The molecule has 0 saturated carbocycles. The van der Waals surface area contributed by atoms with Crippen molar-refractivity contribution in [3.05, 3.63) is 23.8 Å². The highest BCUT2D eigenvalue weighted by atomic mass is 16.1. The summed E-state index contributed by atoms with van der Waals surface area (Å²) >= 11 is 0. The van der Waals surface area contributed by atoms with Crippen LogP contribution in [0.2, 0.25) is 0 Å². The van der Waals surface area contributed by atoms with E-state index in [-0.39, 0.29) is 0 Å². The molecule has 1 aliphatic heterocycles. The Morgan fingerprint density at radius 1 is 1.30 bits per heavy atom. The van der Waals surface area contributed by atoms with E-state index in [2.05, 4.69) is 22.2 Å². The fourth-order valence-electron chi connectivity index (χ4n) is 2.30. The summed E-state index contributed by atoms with van der Waals surface area (Å²) < 4.78 is 0. The van der Waals surface area contributed by atoms with E-state index in [4.69, 9.17) is 11.5 Å². The highest BCUT2D eigenvalue weighted by Crippen LogP contribution is 2.19. The van der Waals surface area contributed by atoms with Crippen molar-refractivity contribution in [3.63, 3.8) is 0 Å². The van der Waals surface area contributed by atoms with Gasteiger partial charge >= 0.3 is 0 Å². The molecule has 5 N–H and O–H groups in total. The van der Waals surface area contributed by atoms with Crippen molar-refractivity contribution in [2.24, 2.45) is 5.73 Å². The molecular weight excluding hydrogens is 254 g/mol. The van der Waals surface area contributed by atoms with Gasteiger partial charge in [0.05, 0.1) is 11.4 Å². The number of nitrogen functional groups attached to an aromatic ring is 1. The molecule has 0 radical (unpaired) electrons. The Kier molecular flexibility index (Phi) is 4.81. The fourth-order valence-corrected chi connectivity index (χ4v) is 2.30. The number of piperazine rings is 1. The van der Waals surface area contributed by atoms with Gasteiger partial charge in [0.1, 0.15) is 0 Å². The van der Waals surface area contributed by atoms with Crippen LogP contribution < -0.4 is 16.8 Å². The maximum atomic E-state index is 11.0. The summed E-state index contributed by atoms with van der Waals surface area (Å²) in [5, 5.41) is 3.31. The Bertz CT molecular complexity index is 469. The van der Waals surface area contributed by atoms with Gasteiger partial charge in [0.25, 0.3) is 0 Å². The van der Waals surface area contributed by atoms with E-state index in [1.807, 2.05) is 0 Å². The molecule has 1 saturated heterocycles. The van der Waals surface area contributed by atoms with Crippen LogP contribution in [0.1, 0.15) is 10.4 Å². The summed E-state index contributed by atoms with van der Waals surface area (Å²) in [6.45, 7) is 6.28. The van der Waals surface area contributed by atoms with Gasteiger partial charge in [0.15, 0.2) is 0 Å². The number of hydrogen-bond acceptors (Lipinski definition) is 5. The van der Waals surface area contributed by atoms with Gasteiger partial charge in [0.2, 0.25) is 5.91 Å². The minimum Gasteiger partial charge on any atom is -0.397 e. The first-order valence-electron chi connectivity index (χ1n) is 6.90. The van der Waals surface area contributed by atoms with Gasteiger partial charge in [-0.1, -0.05) is 0 Å². The Hall–Kier alpha value is -1.79. The monoisotopic (exact) mass is 277 g/mol. The van der Waals surface area contributed by atoms with Crippen molar-refractivity contribution in [2.45, 2.75) is 0 Å². The third kappa shape index (κ3) is 3.85. The first-order chi connectivity index (χ1) is 9.56. The molecule has 1 aromatic rings. The smallest absolute Gasteiger partial charge is 0.248 e. The van der Waals surface area contributed by atoms with Crippen LogP contribution in [0.25, 0.3) is 0 Å². The molecule has 1 heterocycles. The number of benzene rings is 1. The molecule has 1 fully saturated rings. The number of likely N-dealkylation sites (N-methyl/N-ethyl adjacent to an activating group) is 1. The van der Waals surface area contributed by atoms with Gasteiger partial charge in [-0.2, -0.15) is 0 Å². The molecule has 0 spiro atoms. The van der Waals surface area contributed by atoms with Crippen molar-refractivity contribution in [3.8, 4) is 0 Å². The average Bonchev–Trinajstić information content (AvgIpc) is 2.42. The number of nitrogens with one attached hydrogen (secondary N) is 1. The molecular formula is C14H23N5O. The standard InChI is InChI=1S/C14H23N5O/c1-18-6-8-19(9-7-18)5-4-17-13-3-2-11(14(16)20)10-12(13)15/h2-3,10,17H,4-9,15H2,1H3,(H2,16,20). The second kappa shape index (κ2) is 6.58. The Balaban J connectivity index is 1.81. The number of nitrogens with two attached hydrogens (primary N) is 2. The fraction of sp³-hybridized carbons (Fsp3) is 0.500. The number of rotatable bonds is 5. The van der Waals surface area contributed by atoms with Gasteiger partial charge in [-0.25, -0.2) is 0 Å². The SMILES string of the molecule is CN1CCN(CCNc2ccc(C(N)=O)cc2N)CC1. The molecule has 1 aromatic carbocycles. The van der Waals surface area contributed by atoms with Gasteiger partial charge in [0, 0.05) is 44.8 Å². The second-order valence-corrected chi connectivity index (χ2v) is 5.24. The molecule has 1 aliphatic rings. The first-order valence-corrected chi connectivity index (χ1v) is 6.90. The van der Waals surface area contributed by atoms with E-state index in [1.165, 1.54) is 0 Å². The minimum atomic E-state index is -0.458. The molecule has 0 bridgehead atoms. The lowest BCUT2D eigenvalue weighted by molar-refractivity contribution is 0.100. The lowest BCUT2D eigenvalue weighted by Gasteiger charge is -2.32. The van der Waals surface area contributed by atoms with Gasteiger partial charge in [-0.3, -0.25) is 9.69 Å². The minimum absolute atomic E-state index is 0.437. The van der Waals surface area contributed by atoms with Crippen LogP contribution in [-0.4, -0.2) is 62.0 Å². The summed E-state index contributed by atoms with van der Waals surface area (Å²) in [6.07, 6.45) is 0. The molecule has 20 heavy (non-hydrogen) atoms. The Labute approximate surface area is 119 Å². The van der Waals surface area contributed by atoms with E-state index < -0.39 is 5.91 Å². The molecule has 0 aliphatic carbocycles. The number of carbonyl (C=O) groups is 1. The lowest BCUT2D eigenvalue weighted by atomic mass is 10.1. The van der Waals surface area contributed by atoms with Crippen molar-refractivity contribution in [2.75, 3.05) is 57.4 Å². The second-order valence-electron chi connectivity index (χ2n) is 5.24. The average molecular weight is 277 g/mol. The molecule has 6 heteroatoms. The van der Waals surface area contributed by atoms with Gasteiger partial charge in [-0.05, 0) is 25.2 Å². The summed E-state index contributed by atoms with van der Waals surface area (Å²) in [5.41, 5.74) is 13.0. The zero-order chi connectivity index (χ0) is 14.5. The summed E-state index contributed by atoms with van der Waals surface area (Å²) in [4.78, 5) is 15.8. The summed E-state index contributed by atoms with van der Waals surface area (Å²) in [5.74, 6) is -0.458. The predicted molar refractivity (Wildman–Crippen MR) is 81.8 cm³/mol. The molecule has 110 valence electrons. The molecule has 2 rings (SSSR count). The van der Waals surface area contributed by atoms with Gasteiger partial charge in [-0.15, -0.1) is 0 Å². The molecule has 1 amide bonds. The largest absolute Gasteiger partial charge is 0.397 e. The zero-order valence-corrected chi connectivity index (χ0v) is 11.9. The van der Waals surface area contributed by atoms with Crippen molar-refractivity contribution < 1.29 is 4.79 Å². The summed E-state index contributed by atoms with van der Waals surface area (Å²) in [6, 6.07) is 5.11. The maximum absolute atomic E-state index is 11.0. The van der Waals surface area contributed by atoms with Crippen LogP contribution in [-0.2, 0) is 0 Å². The van der Waals surface area contributed by atoms with Crippen LogP contribution in [0.4, 0.5) is 11.4 Å². The number of primary amides is 1. The zero-order valence-electron chi connectivity index (χ0n) is 11.9. The summed E-state index contributed by atoms with van der Waals surface area (Å²) in [7, 11) is 2.15. The highest BCUT2D eigenvalue weighted by molar-refractivity contribution is 5.94. The van der Waals surface area contributed by atoms with Crippen molar-refractivity contribution >= 4 is 17.3 Å². The molecule has 6 nitrogen and oxygen atoms in total. The topological polar surface area (TPSA) is 87.6 Å². The predicted octanol–water partition coefficient (Wildman–Crippen LogP) is 0.0270. The maximum Gasteiger partial charge on any atom is 0.248 e. The van der Waals surface area contributed by atoms with E-state index >= 15 is 0 Å². The van der Waals surface area contributed by atoms with Crippen LogP contribution in [0.3, 0.4) is 0 Å². The van der Waals surface area contributed by atoms with Crippen LogP contribution in [0.15, 0.2) is 18.2 Å². The van der Waals surface area contributed by atoms with Crippen LogP contribution in [0, 0.1) is 0 Å². The molecule has 0 aromatic heterocycles. The number of hydrogen-bond donors (Lipinski definition) is 3. The number of nitrogens with zero attached hydrogens (tertiary/aromatic N) is 2. The van der Waals surface area contributed by atoms with E-state index in [0.717, 1.165) is 45.0 Å². The molecule has 0 unspecified atom stereocenters. The normalized spacial score (nSPS) is 17.1. The third-order valence-corrected chi connectivity index (χ3v) is 3.68. The van der Waals surface area contributed by atoms with E-state index in [1.54, 1.807) is 18.2 Å². The van der Waals surface area contributed by atoms with Crippen LogP contribution >= 0.6 is 0 Å². The van der Waals surface area contributed by atoms with Crippen LogP contribution in [0.5, 0.6) is 0 Å². The molecule has 0 atom stereocenters. The van der Waals surface area contributed by atoms with E-state index in [9.17, 15) is 4.79 Å². The van der Waals surface area contributed by atoms with E-state index in [0.29, 0.717) is 11.3 Å². The Morgan fingerprint density at radius 3 is 2.60 bits per heavy atom.